The van der Waals surface area contributed by atoms with Crippen molar-refractivity contribution in [2.24, 2.45) is 0 Å². The molecule has 0 saturated heterocycles. The molecule has 0 aromatic heterocycles. The zero-order valence-electron chi connectivity index (χ0n) is 12.9. The van der Waals surface area contributed by atoms with Gasteiger partial charge in [-0.2, -0.15) is 0 Å². The fourth-order valence-corrected chi connectivity index (χ4v) is 3.70. The Morgan fingerprint density at radius 3 is 2.96 bits per heavy atom. The predicted molar refractivity (Wildman–Crippen MR) is 86.0 cm³/mol. The molecule has 116 valence electrons. The molecule has 0 spiro atoms. The Kier molecular flexibility index (Phi) is 3.18. The fourth-order valence-electron chi connectivity index (χ4n) is 3.70. The van der Waals surface area contributed by atoms with Crippen molar-refractivity contribution in [2.45, 2.75) is 25.8 Å². The lowest BCUT2D eigenvalue weighted by molar-refractivity contribution is -0.138. The summed E-state index contributed by atoms with van der Waals surface area (Å²) in [6.45, 7) is 1.68. The molecule has 1 atom stereocenters. The summed E-state index contributed by atoms with van der Waals surface area (Å²) in [5, 5.41) is 0. The molecule has 1 aliphatic carbocycles. The third kappa shape index (κ3) is 2.22. The van der Waals surface area contributed by atoms with Crippen molar-refractivity contribution < 1.29 is 14.3 Å². The number of carbonyl (C=O) groups excluding carboxylic acids is 2. The third-order valence-corrected chi connectivity index (χ3v) is 4.51. The van der Waals surface area contributed by atoms with Gasteiger partial charge in [-0.1, -0.05) is 30.3 Å². The first-order valence-corrected chi connectivity index (χ1v) is 7.83. The number of carbonyl (C=O) groups is 2. The number of allylic oxidation sites excluding steroid dienone is 3. The number of benzene rings is 1. The van der Waals surface area contributed by atoms with Crippen LogP contribution in [0.4, 0.5) is 0 Å². The first-order valence-electron chi connectivity index (χ1n) is 7.83. The summed E-state index contributed by atoms with van der Waals surface area (Å²) in [7, 11) is 0. The molecular weight excluding hydrogens is 290 g/mol. The van der Waals surface area contributed by atoms with Crippen LogP contribution in [0.25, 0.3) is 5.57 Å². The van der Waals surface area contributed by atoms with Gasteiger partial charge in [0.1, 0.15) is 11.8 Å². The van der Waals surface area contributed by atoms with Crippen molar-refractivity contribution in [3.63, 3.8) is 0 Å². The number of nitrogens with zero attached hydrogens (tertiary/aromatic N) is 1. The van der Waals surface area contributed by atoms with Crippen molar-refractivity contribution in [3.05, 3.63) is 65.1 Å². The lowest BCUT2D eigenvalue weighted by Crippen LogP contribution is -2.41. The molecule has 3 aliphatic rings. The maximum atomic E-state index is 12.1. The van der Waals surface area contributed by atoms with Crippen LogP contribution in [-0.2, 0) is 14.3 Å². The van der Waals surface area contributed by atoms with Crippen molar-refractivity contribution >= 4 is 17.3 Å². The Bertz CT molecular complexity index is 801. The molecule has 1 aromatic rings. The van der Waals surface area contributed by atoms with Gasteiger partial charge in [0.25, 0.3) is 0 Å². The van der Waals surface area contributed by atoms with Crippen molar-refractivity contribution in [3.8, 4) is 0 Å². The Morgan fingerprint density at radius 1 is 1.30 bits per heavy atom. The standard InChI is InChI=1S/C19H17NO3/c1-12(21)23-18-10-13(22)11-20-17-9-5-4-7-15(17)14-6-2-3-8-16(14)19(18)20/h2-3,5-6,8-10,19H,4,7,11H2,1H3. The largest absolute Gasteiger partial charge is 0.428 e. The maximum absolute atomic E-state index is 12.1. The summed E-state index contributed by atoms with van der Waals surface area (Å²) >= 11 is 0. The number of ketones is 1. The van der Waals surface area contributed by atoms with Gasteiger partial charge in [0.05, 0.1) is 6.54 Å². The number of esters is 1. The smallest absolute Gasteiger partial charge is 0.307 e. The molecule has 1 unspecified atom stereocenters. The zero-order chi connectivity index (χ0) is 16.0. The summed E-state index contributed by atoms with van der Waals surface area (Å²) in [4.78, 5) is 25.7. The monoisotopic (exact) mass is 307 g/mol. The van der Waals surface area contributed by atoms with E-state index in [1.165, 1.54) is 24.1 Å². The summed E-state index contributed by atoms with van der Waals surface area (Å²) in [5.41, 5.74) is 4.64. The summed E-state index contributed by atoms with van der Waals surface area (Å²) in [6, 6.07) is 7.98. The SMILES string of the molecule is CC(=O)OC1=CC(=O)CN2C3=C(CCC=C3)c3ccccc3C12. The fraction of sp³-hybridized carbons (Fsp3) is 0.263. The molecule has 2 aliphatic heterocycles. The quantitative estimate of drug-likeness (QED) is 0.748. The predicted octanol–water partition coefficient (Wildman–Crippen LogP) is 3.13. The van der Waals surface area contributed by atoms with E-state index in [9.17, 15) is 9.59 Å². The van der Waals surface area contributed by atoms with Crippen molar-refractivity contribution in [1.82, 2.24) is 4.90 Å². The molecule has 0 amide bonds. The maximum Gasteiger partial charge on any atom is 0.307 e. The number of hydrogen-bond donors (Lipinski definition) is 0. The van der Waals surface area contributed by atoms with Crippen LogP contribution in [0, 0.1) is 0 Å². The van der Waals surface area contributed by atoms with Crippen LogP contribution in [0.2, 0.25) is 0 Å². The molecule has 0 radical (unpaired) electrons. The van der Waals surface area contributed by atoms with Gasteiger partial charge in [0.15, 0.2) is 5.78 Å². The number of hydrogen-bond acceptors (Lipinski definition) is 4. The van der Waals surface area contributed by atoms with Crippen LogP contribution in [0.1, 0.15) is 36.9 Å². The highest BCUT2D eigenvalue weighted by Gasteiger charge is 2.39. The number of ether oxygens (including phenoxy) is 1. The van der Waals surface area contributed by atoms with Crippen LogP contribution in [-0.4, -0.2) is 23.2 Å². The normalized spacial score (nSPS) is 22.1. The van der Waals surface area contributed by atoms with Crippen LogP contribution in [0.3, 0.4) is 0 Å². The molecule has 0 fully saturated rings. The summed E-state index contributed by atoms with van der Waals surface area (Å²) in [5.74, 6) is -0.0169. The molecule has 0 bridgehead atoms. The molecular formula is C19H17NO3. The Hall–Kier alpha value is -2.62. The minimum atomic E-state index is -0.401. The van der Waals surface area contributed by atoms with Gasteiger partial charge in [0, 0.05) is 18.7 Å². The molecule has 1 aromatic carbocycles. The highest BCUT2D eigenvalue weighted by atomic mass is 16.5. The van der Waals surface area contributed by atoms with Gasteiger partial charge in [-0.25, -0.2) is 0 Å². The first kappa shape index (κ1) is 14.0. The van der Waals surface area contributed by atoms with Gasteiger partial charge in [-0.15, -0.1) is 0 Å². The lowest BCUT2D eigenvalue weighted by Gasteiger charge is -2.43. The number of fused-ring (bicyclic) bond motifs is 5. The average molecular weight is 307 g/mol. The second-order valence-corrected chi connectivity index (χ2v) is 6.03. The van der Waals surface area contributed by atoms with Crippen LogP contribution < -0.4 is 0 Å². The van der Waals surface area contributed by atoms with E-state index in [4.69, 9.17) is 4.74 Å². The highest BCUT2D eigenvalue weighted by molar-refractivity contribution is 5.94. The van der Waals surface area contributed by atoms with Gasteiger partial charge < -0.3 is 9.64 Å². The van der Waals surface area contributed by atoms with Gasteiger partial charge >= 0.3 is 5.97 Å². The van der Waals surface area contributed by atoms with E-state index in [0.717, 1.165) is 24.1 Å². The van der Waals surface area contributed by atoms with Crippen molar-refractivity contribution in [1.29, 1.82) is 0 Å². The number of rotatable bonds is 1. The molecule has 4 rings (SSSR count). The minimum Gasteiger partial charge on any atom is -0.428 e. The molecule has 0 saturated carbocycles. The van der Waals surface area contributed by atoms with E-state index in [0.29, 0.717) is 12.3 Å². The van der Waals surface area contributed by atoms with E-state index < -0.39 is 5.97 Å². The van der Waals surface area contributed by atoms with Crippen LogP contribution >= 0.6 is 0 Å². The molecule has 0 N–H and O–H groups in total. The van der Waals surface area contributed by atoms with Gasteiger partial charge in [-0.3, -0.25) is 9.59 Å². The first-order chi connectivity index (χ1) is 11.1. The second-order valence-electron chi connectivity index (χ2n) is 6.03. The van der Waals surface area contributed by atoms with E-state index >= 15 is 0 Å². The summed E-state index contributed by atoms with van der Waals surface area (Å²) in [6.07, 6.45) is 7.67. The summed E-state index contributed by atoms with van der Waals surface area (Å²) < 4.78 is 5.38. The van der Waals surface area contributed by atoms with Crippen molar-refractivity contribution in [2.75, 3.05) is 6.54 Å². The Morgan fingerprint density at radius 2 is 2.13 bits per heavy atom. The van der Waals surface area contributed by atoms with E-state index in [-0.39, 0.29) is 11.8 Å². The van der Waals surface area contributed by atoms with E-state index in [1.54, 1.807) is 0 Å². The Balaban J connectivity index is 1.92. The third-order valence-electron chi connectivity index (χ3n) is 4.51. The minimum absolute atomic E-state index is 0.0392. The topological polar surface area (TPSA) is 46.6 Å². The molecule has 4 nitrogen and oxygen atoms in total. The molecule has 2 heterocycles. The molecule has 23 heavy (non-hydrogen) atoms. The lowest BCUT2D eigenvalue weighted by atomic mass is 9.82. The highest BCUT2D eigenvalue weighted by Crippen LogP contribution is 2.47. The zero-order valence-corrected chi connectivity index (χ0v) is 12.9. The van der Waals surface area contributed by atoms with Crippen LogP contribution in [0.15, 0.2) is 53.9 Å². The molecule has 4 heteroatoms. The van der Waals surface area contributed by atoms with Gasteiger partial charge in [-0.05, 0) is 35.6 Å². The Labute approximate surface area is 134 Å². The van der Waals surface area contributed by atoms with Crippen LogP contribution in [0.5, 0.6) is 0 Å². The second kappa shape index (κ2) is 5.23. The average Bonchev–Trinajstić information content (AvgIpc) is 2.54. The van der Waals surface area contributed by atoms with E-state index in [2.05, 4.69) is 29.2 Å². The van der Waals surface area contributed by atoms with E-state index in [1.807, 2.05) is 12.1 Å². The van der Waals surface area contributed by atoms with Gasteiger partial charge in [0.2, 0.25) is 0 Å².